The van der Waals surface area contributed by atoms with E-state index < -0.39 is 0 Å². The van der Waals surface area contributed by atoms with Crippen LogP contribution in [0.1, 0.15) is 110 Å². The molecule has 9 rings (SSSR count). The zero-order chi connectivity index (χ0) is 64.2. The van der Waals surface area contributed by atoms with Gasteiger partial charge in [0.05, 0.1) is 22.9 Å². The van der Waals surface area contributed by atoms with E-state index >= 15 is 0 Å². The van der Waals surface area contributed by atoms with E-state index in [9.17, 15) is 0 Å². The van der Waals surface area contributed by atoms with Gasteiger partial charge < -0.3 is 9.80 Å². The van der Waals surface area contributed by atoms with Crippen LogP contribution >= 0.6 is 11.8 Å². The lowest BCUT2D eigenvalue weighted by Crippen LogP contribution is -2.20. The van der Waals surface area contributed by atoms with Crippen LogP contribution in [-0.2, 0) is 0 Å². The molecule has 0 atom stereocenters. The lowest BCUT2D eigenvalue weighted by atomic mass is 9.87. The monoisotopic (exact) mass is 1170 g/mol. The van der Waals surface area contributed by atoms with E-state index in [1.807, 2.05) is 111 Å². The van der Waals surface area contributed by atoms with Crippen molar-refractivity contribution >= 4 is 87.8 Å². The van der Waals surface area contributed by atoms with Crippen molar-refractivity contribution < 1.29 is 0 Å². The number of nitrogens with zero attached hydrogens (tertiary/aromatic N) is 3. The maximum Gasteiger partial charge on any atom is 0.0683 e. The highest BCUT2D eigenvalue weighted by molar-refractivity contribution is 7.98. The summed E-state index contributed by atoms with van der Waals surface area (Å²) >= 11 is 1.91. The quantitative estimate of drug-likeness (QED) is 0.0755. The van der Waals surface area contributed by atoms with Crippen molar-refractivity contribution in [3.8, 4) is 28.3 Å². The Bertz CT molecular complexity index is 3690. The molecule has 9 aromatic carbocycles. The third-order valence-electron chi connectivity index (χ3n) is 14.6. The van der Waals surface area contributed by atoms with E-state index in [0.717, 1.165) is 46.5 Å². The number of allylic oxidation sites excluding steroid dienone is 16. The Morgan fingerprint density at radius 1 is 0.483 bits per heavy atom. The molecule has 0 aliphatic carbocycles. The summed E-state index contributed by atoms with van der Waals surface area (Å²) in [6.07, 6.45) is 35.6. The molecule has 0 aromatic heterocycles. The van der Waals surface area contributed by atoms with Crippen LogP contribution in [0.15, 0.2) is 268 Å². The Kier molecular flexibility index (Phi) is 29.1. The second-order valence-electron chi connectivity index (χ2n) is 20.8. The van der Waals surface area contributed by atoms with Gasteiger partial charge in [0.1, 0.15) is 0 Å². The summed E-state index contributed by atoms with van der Waals surface area (Å²) in [7, 11) is 0. The van der Waals surface area contributed by atoms with E-state index in [-0.39, 0.29) is 5.41 Å². The first-order valence-electron chi connectivity index (χ1n) is 31.2. The van der Waals surface area contributed by atoms with Crippen LogP contribution in [0.4, 0.5) is 11.4 Å². The van der Waals surface area contributed by atoms with Gasteiger partial charge in [0.25, 0.3) is 0 Å². The summed E-state index contributed by atoms with van der Waals surface area (Å²) in [6.45, 7) is 46.9. The highest BCUT2D eigenvalue weighted by Gasteiger charge is 2.30. The maximum atomic E-state index is 8.34. The van der Waals surface area contributed by atoms with Crippen molar-refractivity contribution in [3.63, 3.8) is 0 Å². The molecule has 0 N–H and O–H groups in total. The van der Waals surface area contributed by atoms with E-state index in [1.165, 1.54) is 92.6 Å². The van der Waals surface area contributed by atoms with Gasteiger partial charge in [0.15, 0.2) is 0 Å². The van der Waals surface area contributed by atoms with E-state index in [1.54, 1.807) is 0 Å². The fourth-order valence-electron chi connectivity index (χ4n) is 10.8. The smallest absolute Gasteiger partial charge is 0.0683 e. The molecule has 0 unspecified atom stereocenters. The Balaban J connectivity index is 0.000000751. The predicted octanol–water partition coefficient (Wildman–Crippen LogP) is 26.0. The molecule has 450 valence electrons. The average molecular weight is 1170 g/mol. The van der Waals surface area contributed by atoms with Gasteiger partial charge in [-0.3, -0.25) is 0 Å². The van der Waals surface area contributed by atoms with Gasteiger partial charge in [-0.25, -0.2) is 0 Å². The van der Waals surface area contributed by atoms with Gasteiger partial charge in [-0.1, -0.05) is 259 Å². The molecule has 0 spiro atoms. The summed E-state index contributed by atoms with van der Waals surface area (Å²) in [4.78, 5) is 4.67. The van der Waals surface area contributed by atoms with Crippen LogP contribution in [0.2, 0.25) is 0 Å². The number of benzene rings is 7. The number of thioether (sulfide) groups is 1. The minimum absolute atomic E-state index is 0.111. The second kappa shape index (κ2) is 35.7. The van der Waals surface area contributed by atoms with Gasteiger partial charge >= 0.3 is 0 Å². The van der Waals surface area contributed by atoms with Gasteiger partial charge in [0.2, 0.25) is 0 Å². The molecule has 3 nitrogen and oxygen atoms in total. The fraction of sp³-hybridized carbons (Fsp3) is 0.241. The zero-order valence-corrected chi connectivity index (χ0v) is 56.2. The van der Waals surface area contributed by atoms with Gasteiger partial charge in [0, 0.05) is 33.6 Å². The lowest BCUT2D eigenvalue weighted by Gasteiger charge is -2.28. The van der Waals surface area contributed by atoms with Gasteiger partial charge in [-0.15, -0.1) is 0 Å². The normalized spacial score (nSPS) is 12.2. The fourth-order valence-corrected chi connectivity index (χ4v) is 11.5. The van der Waals surface area contributed by atoms with Crippen molar-refractivity contribution in [2.75, 3.05) is 21.8 Å². The molecule has 4 heteroatoms. The van der Waals surface area contributed by atoms with E-state index in [0.29, 0.717) is 0 Å². The van der Waals surface area contributed by atoms with Gasteiger partial charge in [-0.05, 0) is 191 Å². The number of fused-ring (bicyclic) bond motifs is 6. The van der Waals surface area contributed by atoms with E-state index in [2.05, 4.69) is 272 Å². The Hall–Kier alpha value is -8.62. The largest absolute Gasteiger partial charge is 0.310 e. The number of hydrogen-bond donors (Lipinski definition) is 0. The highest BCUT2D eigenvalue weighted by atomic mass is 32.2. The van der Waals surface area contributed by atoms with Crippen LogP contribution in [0.3, 0.4) is 0 Å². The zero-order valence-electron chi connectivity index (χ0n) is 55.4. The average Bonchev–Trinajstić information content (AvgIpc) is 1.65. The SMILES string of the molecule is C=C/C=C\C(=C/C)N(C(/C=C\C)=C/C=C)c1ccc2c3c(-c4ccccc4)c4c5cccc6c(N(C(/C=C\C=C)=C/C)C(/C=C\C)=C/C=C)ccc(c4c(-c4ccccc4)c3c3cccc1c32)c65.CC.CC.CC.CCC(C)(C)C#N.CSCC(C)C. The minimum Gasteiger partial charge on any atom is -0.310 e. The molecule has 0 heterocycles. The van der Waals surface area contributed by atoms with Crippen LogP contribution in [0.25, 0.3) is 86.9 Å². The molecule has 0 bridgehead atoms. The van der Waals surface area contributed by atoms with Crippen molar-refractivity contribution in [2.24, 2.45) is 11.3 Å². The van der Waals surface area contributed by atoms with Crippen LogP contribution < -0.4 is 9.80 Å². The van der Waals surface area contributed by atoms with Gasteiger partial charge in [-0.2, -0.15) is 17.0 Å². The first-order valence-corrected chi connectivity index (χ1v) is 32.6. The Labute approximate surface area is 529 Å². The van der Waals surface area contributed by atoms with Crippen LogP contribution in [-0.4, -0.2) is 12.0 Å². The highest BCUT2D eigenvalue weighted by Crippen LogP contribution is 2.57. The lowest BCUT2D eigenvalue weighted by molar-refractivity contribution is 0.477. The molecule has 0 aliphatic heterocycles. The number of hydrogen-bond acceptors (Lipinski definition) is 4. The second-order valence-corrected chi connectivity index (χ2v) is 21.8. The molecule has 0 fully saturated rings. The minimum atomic E-state index is -0.111. The van der Waals surface area contributed by atoms with Crippen molar-refractivity contribution in [3.05, 3.63) is 268 Å². The third kappa shape index (κ3) is 15.9. The Morgan fingerprint density at radius 2 is 0.839 bits per heavy atom. The summed E-state index contributed by atoms with van der Waals surface area (Å²) in [5, 5.41) is 23.1. The van der Waals surface area contributed by atoms with Crippen molar-refractivity contribution in [2.45, 2.75) is 110 Å². The molecule has 0 saturated heterocycles. The third-order valence-corrected chi connectivity index (χ3v) is 15.6. The topological polar surface area (TPSA) is 30.3 Å². The number of anilines is 2. The predicted molar refractivity (Wildman–Crippen MR) is 399 cm³/mol. The summed E-state index contributed by atoms with van der Waals surface area (Å²) < 4.78 is 0. The van der Waals surface area contributed by atoms with Crippen LogP contribution in [0, 0.1) is 22.7 Å². The molecule has 9 aromatic rings. The summed E-state index contributed by atoms with van der Waals surface area (Å²) in [6, 6.07) is 47.3. The molecule has 0 radical (unpaired) electrons. The molecular formula is C83H97N3S. The molecule has 0 saturated carbocycles. The number of rotatable bonds is 19. The van der Waals surface area contributed by atoms with Crippen molar-refractivity contribution in [1.82, 2.24) is 0 Å². The van der Waals surface area contributed by atoms with Crippen molar-refractivity contribution in [1.29, 1.82) is 5.26 Å². The first-order chi connectivity index (χ1) is 42.4. The molecule has 87 heavy (non-hydrogen) atoms. The first kappa shape index (κ1) is 70.9. The number of nitriles is 1. The summed E-state index contributed by atoms with van der Waals surface area (Å²) in [5.41, 5.74) is 11.0. The van der Waals surface area contributed by atoms with E-state index in [4.69, 9.17) is 5.26 Å². The summed E-state index contributed by atoms with van der Waals surface area (Å²) in [5.74, 6) is 2.15. The maximum absolute atomic E-state index is 8.34. The standard InChI is InChI=1S/C66H56N2.C6H11N.C5H12S.3C2H6/c1-9-17-35-47(15-7)67(49(27-11-3)28-12-4)57-43-41-55-61-51(57)37-25-39-53(61)63-59(45-31-21-19-22-32-45)66-56-42-44-58(68(48(16-8)36-18-10-2)50(29-13-5)30-14-6)52-38-26-40-54(62(52)56)64(66)60(65(55)63)46-33-23-20-24-34-46;1-4-6(2,3)5-7;1-5(2)4-6-3;3*1-2/h9-44H,1-3,5H2,4,6-8H3;4H2,1-3H3;5H,4H2,1-3H3;3*1-2H3/b28-12-,30-14-,35-17-,36-18-,47-15+,48-16+,49-27+,50-29+;;;;;. The molecular weight excluding hydrogens is 1070 g/mol. The Morgan fingerprint density at radius 3 is 1.10 bits per heavy atom. The van der Waals surface area contributed by atoms with Crippen LogP contribution in [0.5, 0.6) is 0 Å². The molecule has 0 aliphatic rings. The molecule has 0 amide bonds.